The van der Waals surface area contributed by atoms with Gasteiger partial charge < -0.3 is 5.73 Å². The molecular weight excluding hydrogens is 275 g/mol. The van der Waals surface area contributed by atoms with Crippen LogP contribution in [-0.2, 0) is 12.8 Å². The maximum atomic E-state index is 13.8. The van der Waals surface area contributed by atoms with Crippen molar-refractivity contribution in [2.45, 2.75) is 31.7 Å². The highest BCUT2D eigenvalue weighted by Crippen LogP contribution is 2.29. The molecule has 2 aromatic rings. The summed E-state index contributed by atoms with van der Waals surface area (Å²) >= 11 is 0. The number of benzene rings is 2. The van der Waals surface area contributed by atoms with Crippen molar-refractivity contribution in [3.8, 4) is 0 Å². The van der Waals surface area contributed by atoms with Crippen LogP contribution < -0.4 is 5.73 Å². The van der Waals surface area contributed by atoms with Crippen molar-refractivity contribution < 1.29 is 13.2 Å². The van der Waals surface area contributed by atoms with Crippen molar-refractivity contribution in [2.24, 2.45) is 5.73 Å². The minimum atomic E-state index is -0.947. The molecule has 0 aliphatic heterocycles. The zero-order valence-electron chi connectivity index (χ0n) is 11.5. The molecule has 0 fully saturated rings. The fourth-order valence-electron chi connectivity index (χ4n) is 2.96. The Morgan fingerprint density at radius 3 is 2.14 bits per heavy atom. The van der Waals surface area contributed by atoms with Gasteiger partial charge in [-0.15, -0.1) is 0 Å². The molecule has 2 N–H and O–H groups in total. The lowest BCUT2D eigenvalue weighted by atomic mass is 9.88. The van der Waals surface area contributed by atoms with Crippen molar-refractivity contribution in [3.05, 3.63) is 70.0 Å². The third-order valence-electron chi connectivity index (χ3n) is 4.09. The van der Waals surface area contributed by atoms with Crippen LogP contribution in [0.4, 0.5) is 13.2 Å². The standard InChI is InChI=1S/C17H16F3N/c18-13-8-14(19)16(15(20)9-13)17(21)12-6-5-10-3-1-2-4-11(10)7-12/h5-9,17H,1-4,21H2. The van der Waals surface area contributed by atoms with Crippen LogP contribution in [0.15, 0.2) is 30.3 Å². The van der Waals surface area contributed by atoms with E-state index in [9.17, 15) is 13.2 Å². The Morgan fingerprint density at radius 1 is 0.857 bits per heavy atom. The van der Waals surface area contributed by atoms with Crippen LogP contribution in [0.1, 0.15) is 41.1 Å². The Balaban J connectivity index is 2.01. The maximum absolute atomic E-state index is 13.8. The Hall–Kier alpha value is -1.81. The lowest BCUT2D eigenvalue weighted by Gasteiger charge is -2.20. The van der Waals surface area contributed by atoms with E-state index in [1.165, 1.54) is 17.5 Å². The molecule has 0 bridgehead atoms. The number of aryl methyl sites for hydroxylation is 2. The minimum Gasteiger partial charge on any atom is -0.320 e. The molecule has 0 aromatic heterocycles. The van der Waals surface area contributed by atoms with Gasteiger partial charge in [0, 0.05) is 17.7 Å². The highest BCUT2D eigenvalue weighted by atomic mass is 19.1. The summed E-state index contributed by atoms with van der Waals surface area (Å²) in [5.41, 5.74) is 8.83. The average molecular weight is 291 g/mol. The number of hydrogen-bond donors (Lipinski definition) is 1. The van der Waals surface area contributed by atoms with Gasteiger partial charge in [0.2, 0.25) is 0 Å². The van der Waals surface area contributed by atoms with Crippen LogP contribution in [0.2, 0.25) is 0 Å². The third kappa shape index (κ3) is 2.68. The first-order chi connectivity index (χ1) is 10.1. The van der Waals surface area contributed by atoms with Gasteiger partial charge in [-0.2, -0.15) is 0 Å². The van der Waals surface area contributed by atoms with E-state index in [2.05, 4.69) is 0 Å². The predicted octanol–water partition coefficient (Wildman–Crippen LogP) is 4.03. The lowest BCUT2D eigenvalue weighted by molar-refractivity contribution is 0.515. The molecule has 0 heterocycles. The molecule has 1 nitrogen and oxygen atoms in total. The average Bonchev–Trinajstić information content (AvgIpc) is 2.45. The fraction of sp³-hybridized carbons (Fsp3) is 0.294. The Bertz CT molecular complexity index is 659. The predicted molar refractivity (Wildman–Crippen MR) is 75.4 cm³/mol. The first-order valence-electron chi connectivity index (χ1n) is 7.08. The van der Waals surface area contributed by atoms with E-state index in [4.69, 9.17) is 5.73 Å². The van der Waals surface area contributed by atoms with Gasteiger partial charge in [-0.3, -0.25) is 0 Å². The minimum absolute atomic E-state index is 0.285. The molecule has 0 spiro atoms. The molecule has 1 atom stereocenters. The quantitative estimate of drug-likeness (QED) is 0.888. The smallest absolute Gasteiger partial charge is 0.134 e. The summed E-state index contributed by atoms with van der Waals surface area (Å²) in [5, 5.41) is 0. The molecule has 1 aliphatic carbocycles. The van der Waals surface area contributed by atoms with Gasteiger partial charge in [0.15, 0.2) is 0 Å². The summed E-state index contributed by atoms with van der Waals surface area (Å²) in [4.78, 5) is 0. The second-order valence-electron chi connectivity index (χ2n) is 5.50. The van der Waals surface area contributed by atoms with Crippen LogP contribution >= 0.6 is 0 Å². The summed E-state index contributed by atoms with van der Waals surface area (Å²) in [7, 11) is 0. The molecule has 1 aliphatic rings. The molecule has 110 valence electrons. The molecule has 0 saturated heterocycles. The van der Waals surface area contributed by atoms with Gasteiger partial charge in [-0.25, -0.2) is 13.2 Å². The van der Waals surface area contributed by atoms with Crippen LogP contribution in [0.25, 0.3) is 0 Å². The van der Waals surface area contributed by atoms with E-state index in [0.717, 1.165) is 19.3 Å². The largest absolute Gasteiger partial charge is 0.320 e. The van der Waals surface area contributed by atoms with Crippen molar-refractivity contribution in [2.75, 3.05) is 0 Å². The second kappa shape index (κ2) is 5.53. The second-order valence-corrected chi connectivity index (χ2v) is 5.50. The summed E-state index contributed by atoms with van der Waals surface area (Å²) < 4.78 is 40.6. The molecule has 0 radical (unpaired) electrons. The van der Waals surface area contributed by atoms with Crippen LogP contribution in [0.3, 0.4) is 0 Å². The van der Waals surface area contributed by atoms with E-state index in [1.54, 1.807) is 6.07 Å². The highest BCUT2D eigenvalue weighted by molar-refractivity contribution is 5.39. The lowest BCUT2D eigenvalue weighted by Crippen LogP contribution is -2.17. The van der Waals surface area contributed by atoms with E-state index in [0.29, 0.717) is 17.7 Å². The molecule has 0 saturated carbocycles. The Labute approximate surface area is 121 Å². The number of halogens is 3. The third-order valence-corrected chi connectivity index (χ3v) is 4.09. The monoisotopic (exact) mass is 291 g/mol. The molecule has 0 amide bonds. The topological polar surface area (TPSA) is 26.0 Å². The molecule has 2 aromatic carbocycles. The summed E-state index contributed by atoms with van der Waals surface area (Å²) in [6, 6.07) is 6.09. The SMILES string of the molecule is NC(c1ccc2c(c1)CCCC2)c1c(F)cc(F)cc1F. The van der Waals surface area contributed by atoms with Gasteiger partial charge in [0.1, 0.15) is 17.5 Å². The van der Waals surface area contributed by atoms with E-state index in [-0.39, 0.29) is 5.56 Å². The van der Waals surface area contributed by atoms with Crippen molar-refractivity contribution >= 4 is 0 Å². The summed E-state index contributed by atoms with van der Waals surface area (Å²) in [6.45, 7) is 0. The fourth-order valence-corrected chi connectivity index (χ4v) is 2.96. The van der Waals surface area contributed by atoms with Gasteiger partial charge in [-0.05, 0) is 42.4 Å². The van der Waals surface area contributed by atoms with Gasteiger partial charge in [-0.1, -0.05) is 18.2 Å². The van der Waals surface area contributed by atoms with Crippen LogP contribution in [0.5, 0.6) is 0 Å². The van der Waals surface area contributed by atoms with E-state index >= 15 is 0 Å². The number of rotatable bonds is 2. The van der Waals surface area contributed by atoms with Crippen molar-refractivity contribution in [1.29, 1.82) is 0 Å². The highest BCUT2D eigenvalue weighted by Gasteiger charge is 2.21. The number of fused-ring (bicyclic) bond motifs is 1. The number of nitrogens with two attached hydrogens (primary N) is 1. The van der Waals surface area contributed by atoms with Gasteiger partial charge in [0.05, 0.1) is 6.04 Å². The van der Waals surface area contributed by atoms with Crippen LogP contribution in [-0.4, -0.2) is 0 Å². The van der Waals surface area contributed by atoms with Crippen molar-refractivity contribution in [1.82, 2.24) is 0 Å². The van der Waals surface area contributed by atoms with E-state index < -0.39 is 23.5 Å². The first-order valence-corrected chi connectivity index (χ1v) is 7.08. The number of hydrogen-bond acceptors (Lipinski definition) is 1. The van der Waals surface area contributed by atoms with Gasteiger partial charge >= 0.3 is 0 Å². The van der Waals surface area contributed by atoms with Crippen molar-refractivity contribution in [3.63, 3.8) is 0 Å². The summed E-state index contributed by atoms with van der Waals surface area (Å²) in [6.07, 6.45) is 4.28. The van der Waals surface area contributed by atoms with Gasteiger partial charge in [0.25, 0.3) is 0 Å². The molecule has 4 heteroatoms. The molecule has 3 rings (SSSR count). The van der Waals surface area contributed by atoms with E-state index in [1.807, 2.05) is 12.1 Å². The molecule has 1 unspecified atom stereocenters. The zero-order chi connectivity index (χ0) is 15.0. The maximum Gasteiger partial charge on any atom is 0.134 e. The molecular formula is C17H16F3N. The first kappa shape index (κ1) is 14.1. The normalized spacial score (nSPS) is 15.6. The molecule has 21 heavy (non-hydrogen) atoms. The van der Waals surface area contributed by atoms with Crippen LogP contribution in [0, 0.1) is 17.5 Å². The Morgan fingerprint density at radius 2 is 1.48 bits per heavy atom. The summed E-state index contributed by atoms with van der Waals surface area (Å²) in [5.74, 6) is -2.83. The zero-order valence-corrected chi connectivity index (χ0v) is 11.5. The Kier molecular flexibility index (Phi) is 3.72.